The van der Waals surface area contributed by atoms with E-state index in [1.54, 1.807) is 12.1 Å². The van der Waals surface area contributed by atoms with Gasteiger partial charge >= 0.3 is 5.97 Å². The van der Waals surface area contributed by atoms with Crippen LogP contribution in [0.15, 0.2) is 42.5 Å². The zero-order valence-corrected chi connectivity index (χ0v) is 15.1. The van der Waals surface area contributed by atoms with E-state index < -0.39 is 12.1 Å². The summed E-state index contributed by atoms with van der Waals surface area (Å²) in [5.74, 6) is -0.236. The molecule has 2 rings (SSSR count). The number of carbonyl (C=O) groups is 2. The van der Waals surface area contributed by atoms with E-state index in [1.807, 2.05) is 32.0 Å². The number of hydrogen-bond donors (Lipinski definition) is 1. The molecule has 6 heteroatoms. The predicted molar refractivity (Wildman–Crippen MR) is 97.3 cm³/mol. The second kappa shape index (κ2) is 8.53. The van der Waals surface area contributed by atoms with Crippen LogP contribution >= 0.6 is 11.6 Å². The molecule has 2 aromatic rings. The summed E-state index contributed by atoms with van der Waals surface area (Å²) in [6.07, 6.45) is -0.156. The van der Waals surface area contributed by atoms with Crippen LogP contribution in [-0.4, -0.2) is 25.1 Å². The lowest BCUT2D eigenvalue weighted by Crippen LogP contribution is -2.32. The van der Waals surface area contributed by atoms with Crippen molar-refractivity contribution in [2.45, 2.75) is 26.4 Å². The Hall–Kier alpha value is -2.53. The summed E-state index contributed by atoms with van der Waals surface area (Å²) in [6.45, 7) is 3.82. The molecule has 1 N–H and O–H groups in total. The van der Waals surface area contributed by atoms with Crippen LogP contribution < -0.4 is 10.1 Å². The van der Waals surface area contributed by atoms with Gasteiger partial charge in [0.25, 0.3) is 5.91 Å². The third-order valence-electron chi connectivity index (χ3n) is 3.57. The SMILES string of the molecule is CC[C@H](Oc1cccc(C)c1)C(=O)Nc1ccc(Cl)c(C(=O)OC)c1. The first-order valence-corrected chi connectivity index (χ1v) is 8.24. The molecule has 0 spiro atoms. The van der Waals surface area contributed by atoms with Crippen LogP contribution in [-0.2, 0) is 9.53 Å². The van der Waals surface area contributed by atoms with Crippen molar-refractivity contribution in [2.24, 2.45) is 0 Å². The van der Waals surface area contributed by atoms with Gasteiger partial charge in [-0.25, -0.2) is 4.79 Å². The number of anilines is 1. The van der Waals surface area contributed by atoms with Gasteiger partial charge in [-0.15, -0.1) is 0 Å². The van der Waals surface area contributed by atoms with E-state index in [1.165, 1.54) is 19.2 Å². The predicted octanol–water partition coefficient (Wildman–Crippen LogP) is 4.23. The fraction of sp³-hybridized carbons (Fsp3) is 0.263. The number of rotatable bonds is 6. The number of nitrogens with one attached hydrogen (secondary N) is 1. The van der Waals surface area contributed by atoms with Gasteiger partial charge in [0.1, 0.15) is 5.75 Å². The number of ether oxygens (including phenoxy) is 2. The van der Waals surface area contributed by atoms with Crippen molar-refractivity contribution in [3.05, 3.63) is 58.6 Å². The van der Waals surface area contributed by atoms with Gasteiger partial charge in [-0.1, -0.05) is 30.7 Å². The van der Waals surface area contributed by atoms with Gasteiger partial charge in [0.2, 0.25) is 0 Å². The monoisotopic (exact) mass is 361 g/mol. The second-order valence-electron chi connectivity index (χ2n) is 5.51. The van der Waals surface area contributed by atoms with Crippen molar-refractivity contribution in [3.8, 4) is 5.75 Å². The average molecular weight is 362 g/mol. The van der Waals surface area contributed by atoms with Crippen molar-refractivity contribution in [3.63, 3.8) is 0 Å². The average Bonchev–Trinajstić information content (AvgIpc) is 2.60. The minimum Gasteiger partial charge on any atom is -0.481 e. The van der Waals surface area contributed by atoms with E-state index >= 15 is 0 Å². The molecule has 0 bridgehead atoms. The highest BCUT2D eigenvalue weighted by Crippen LogP contribution is 2.22. The Morgan fingerprint density at radius 2 is 1.96 bits per heavy atom. The van der Waals surface area contributed by atoms with E-state index in [2.05, 4.69) is 10.1 Å². The molecule has 25 heavy (non-hydrogen) atoms. The first-order valence-electron chi connectivity index (χ1n) is 7.86. The van der Waals surface area contributed by atoms with Gasteiger partial charge in [0, 0.05) is 5.69 Å². The lowest BCUT2D eigenvalue weighted by atomic mass is 10.2. The molecule has 0 aromatic heterocycles. The van der Waals surface area contributed by atoms with Crippen LogP contribution in [0.25, 0.3) is 0 Å². The van der Waals surface area contributed by atoms with Gasteiger partial charge in [0.15, 0.2) is 6.10 Å². The molecule has 0 fully saturated rings. The minimum atomic E-state index is -0.654. The maximum Gasteiger partial charge on any atom is 0.339 e. The Bertz CT molecular complexity index is 776. The molecule has 0 aliphatic heterocycles. The molecule has 0 unspecified atom stereocenters. The molecule has 0 radical (unpaired) electrons. The first kappa shape index (κ1) is 18.8. The lowest BCUT2D eigenvalue weighted by Gasteiger charge is -2.18. The molecule has 0 saturated heterocycles. The van der Waals surface area contributed by atoms with Crippen molar-refractivity contribution < 1.29 is 19.1 Å². The molecule has 0 aliphatic rings. The van der Waals surface area contributed by atoms with E-state index in [0.717, 1.165) is 5.56 Å². The second-order valence-corrected chi connectivity index (χ2v) is 5.91. The molecule has 0 heterocycles. The summed E-state index contributed by atoms with van der Waals surface area (Å²) in [6, 6.07) is 12.1. The number of carbonyl (C=O) groups excluding carboxylic acids is 2. The number of halogens is 1. The third-order valence-corrected chi connectivity index (χ3v) is 3.90. The van der Waals surface area contributed by atoms with Crippen LogP contribution in [0.4, 0.5) is 5.69 Å². The fourth-order valence-electron chi connectivity index (χ4n) is 2.27. The van der Waals surface area contributed by atoms with Crippen LogP contribution in [0.3, 0.4) is 0 Å². The fourth-order valence-corrected chi connectivity index (χ4v) is 2.46. The van der Waals surface area contributed by atoms with Gasteiger partial charge in [-0.2, -0.15) is 0 Å². The molecular formula is C19H20ClNO4. The number of esters is 1. The normalized spacial score (nSPS) is 11.5. The minimum absolute atomic E-state index is 0.189. The van der Waals surface area contributed by atoms with Crippen molar-refractivity contribution in [1.29, 1.82) is 0 Å². The van der Waals surface area contributed by atoms with Crippen LogP contribution in [0.1, 0.15) is 29.3 Å². The zero-order chi connectivity index (χ0) is 18.4. The van der Waals surface area contributed by atoms with Crippen LogP contribution in [0.2, 0.25) is 5.02 Å². The molecule has 0 aliphatic carbocycles. The Morgan fingerprint density at radius 1 is 1.20 bits per heavy atom. The Kier molecular flexibility index (Phi) is 6.42. The standard InChI is InChI=1S/C19H20ClNO4/c1-4-17(25-14-7-5-6-12(2)10-14)18(22)21-13-8-9-16(20)15(11-13)19(23)24-3/h5-11,17H,4H2,1-3H3,(H,21,22)/t17-/m0/s1. The summed E-state index contributed by atoms with van der Waals surface area (Å²) in [7, 11) is 1.27. The number of benzene rings is 2. The van der Waals surface area contributed by atoms with Crippen molar-refractivity contribution >= 4 is 29.2 Å². The van der Waals surface area contributed by atoms with Gasteiger partial charge < -0.3 is 14.8 Å². The Morgan fingerprint density at radius 3 is 2.60 bits per heavy atom. The number of hydrogen-bond acceptors (Lipinski definition) is 4. The smallest absolute Gasteiger partial charge is 0.339 e. The third kappa shape index (κ3) is 4.97. The Labute approximate surface area is 151 Å². The highest BCUT2D eigenvalue weighted by Gasteiger charge is 2.20. The number of aryl methyl sites for hydroxylation is 1. The largest absolute Gasteiger partial charge is 0.481 e. The number of methoxy groups -OCH3 is 1. The summed E-state index contributed by atoms with van der Waals surface area (Å²) in [5.41, 5.74) is 1.68. The Balaban J connectivity index is 2.12. The molecule has 1 amide bonds. The molecule has 0 saturated carbocycles. The summed E-state index contributed by atoms with van der Waals surface area (Å²) >= 11 is 5.98. The van der Waals surface area contributed by atoms with E-state index in [0.29, 0.717) is 17.9 Å². The van der Waals surface area contributed by atoms with E-state index in [-0.39, 0.29) is 16.5 Å². The highest BCUT2D eigenvalue weighted by molar-refractivity contribution is 6.33. The molecule has 2 aromatic carbocycles. The van der Waals surface area contributed by atoms with Gasteiger partial charge in [-0.3, -0.25) is 4.79 Å². The highest BCUT2D eigenvalue weighted by atomic mass is 35.5. The van der Waals surface area contributed by atoms with E-state index in [9.17, 15) is 9.59 Å². The van der Waals surface area contributed by atoms with Crippen LogP contribution in [0.5, 0.6) is 5.75 Å². The van der Waals surface area contributed by atoms with Gasteiger partial charge in [0.05, 0.1) is 17.7 Å². The van der Waals surface area contributed by atoms with Crippen molar-refractivity contribution in [1.82, 2.24) is 0 Å². The van der Waals surface area contributed by atoms with Crippen LogP contribution in [0, 0.1) is 6.92 Å². The lowest BCUT2D eigenvalue weighted by molar-refractivity contribution is -0.122. The quantitative estimate of drug-likeness (QED) is 0.782. The van der Waals surface area contributed by atoms with Gasteiger partial charge in [-0.05, 0) is 49.2 Å². The maximum atomic E-state index is 12.5. The van der Waals surface area contributed by atoms with Crippen molar-refractivity contribution in [2.75, 3.05) is 12.4 Å². The summed E-state index contributed by atoms with van der Waals surface area (Å²) < 4.78 is 10.4. The topological polar surface area (TPSA) is 64.6 Å². The molecular weight excluding hydrogens is 342 g/mol. The van der Waals surface area contributed by atoms with E-state index in [4.69, 9.17) is 16.3 Å². The summed E-state index contributed by atoms with van der Waals surface area (Å²) in [4.78, 5) is 24.2. The zero-order valence-electron chi connectivity index (χ0n) is 14.3. The summed E-state index contributed by atoms with van der Waals surface area (Å²) in [5, 5.41) is 3.00. The number of amides is 1. The molecule has 132 valence electrons. The molecule has 5 nitrogen and oxygen atoms in total. The first-order chi connectivity index (χ1) is 11.9. The molecule has 1 atom stereocenters. The maximum absolute atomic E-state index is 12.5.